The van der Waals surface area contributed by atoms with Gasteiger partial charge in [-0.1, -0.05) is 0 Å². The van der Waals surface area contributed by atoms with Gasteiger partial charge in [0, 0.05) is 13.1 Å². The molecular formula is C11H21NO4. The van der Waals surface area contributed by atoms with E-state index in [0.29, 0.717) is 25.9 Å². The molecule has 0 amide bonds. The lowest BCUT2D eigenvalue weighted by atomic mass is 9.93. The summed E-state index contributed by atoms with van der Waals surface area (Å²) in [6.07, 6.45) is 0.835. The highest BCUT2D eigenvalue weighted by molar-refractivity contribution is 5.75. The van der Waals surface area contributed by atoms with E-state index >= 15 is 0 Å². The summed E-state index contributed by atoms with van der Waals surface area (Å²) in [5, 5.41) is 20.3. The average molecular weight is 231 g/mol. The molecule has 0 spiro atoms. The monoisotopic (exact) mass is 231 g/mol. The molecule has 1 heterocycles. The van der Waals surface area contributed by atoms with Crippen LogP contribution in [0.3, 0.4) is 0 Å². The summed E-state index contributed by atoms with van der Waals surface area (Å²) in [5.74, 6) is -0.276. The Morgan fingerprint density at radius 1 is 1.38 bits per heavy atom. The quantitative estimate of drug-likeness (QED) is 0.715. The van der Waals surface area contributed by atoms with Crippen LogP contribution in [0, 0.1) is 5.41 Å². The van der Waals surface area contributed by atoms with Gasteiger partial charge in [0.15, 0.2) is 0 Å². The van der Waals surface area contributed by atoms with Crippen molar-refractivity contribution in [3.8, 4) is 0 Å². The minimum absolute atomic E-state index is 0.242. The number of aliphatic hydroxyl groups excluding tert-OH is 1. The van der Waals surface area contributed by atoms with Crippen molar-refractivity contribution in [2.45, 2.75) is 39.2 Å². The zero-order chi connectivity index (χ0) is 12.4. The van der Waals surface area contributed by atoms with Crippen molar-refractivity contribution in [1.29, 1.82) is 0 Å². The summed E-state index contributed by atoms with van der Waals surface area (Å²) in [7, 11) is 0. The van der Waals surface area contributed by atoms with Crippen LogP contribution in [0.5, 0.6) is 0 Å². The van der Waals surface area contributed by atoms with Crippen molar-refractivity contribution in [3.63, 3.8) is 0 Å². The van der Waals surface area contributed by atoms with Gasteiger partial charge in [0.05, 0.1) is 17.6 Å². The molecule has 1 fully saturated rings. The first-order valence-electron chi connectivity index (χ1n) is 5.57. The third kappa shape index (κ3) is 3.43. The Kier molecular flexibility index (Phi) is 3.93. The van der Waals surface area contributed by atoms with E-state index in [1.54, 1.807) is 25.8 Å². The normalized spacial score (nSPS) is 21.8. The first kappa shape index (κ1) is 13.4. The van der Waals surface area contributed by atoms with Crippen molar-refractivity contribution < 1.29 is 19.8 Å². The molecule has 0 saturated carbocycles. The predicted octanol–water partition coefficient (Wildman–Crippen LogP) is 0.310. The number of rotatable bonds is 2. The topological polar surface area (TPSA) is 70.0 Å². The van der Waals surface area contributed by atoms with E-state index in [9.17, 15) is 9.90 Å². The van der Waals surface area contributed by atoms with Crippen molar-refractivity contribution in [3.05, 3.63) is 0 Å². The second-order valence-corrected chi connectivity index (χ2v) is 5.44. The van der Waals surface area contributed by atoms with Gasteiger partial charge in [0.1, 0.15) is 0 Å². The predicted molar refractivity (Wildman–Crippen MR) is 58.4 cm³/mol. The van der Waals surface area contributed by atoms with Crippen LogP contribution in [0.15, 0.2) is 0 Å². The van der Waals surface area contributed by atoms with E-state index in [0.717, 1.165) is 0 Å². The maximum Gasteiger partial charge on any atom is 0.330 e. The Labute approximate surface area is 96.0 Å². The van der Waals surface area contributed by atoms with E-state index in [-0.39, 0.29) is 12.6 Å². The van der Waals surface area contributed by atoms with Crippen molar-refractivity contribution in [2.24, 2.45) is 5.41 Å². The minimum Gasteiger partial charge on any atom is -0.393 e. The van der Waals surface area contributed by atoms with Gasteiger partial charge in [-0.15, -0.1) is 5.06 Å². The Morgan fingerprint density at radius 3 is 2.25 bits per heavy atom. The lowest BCUT2D eigenvalue weighted by Crippen LogP contribution is -2.47. The lowest BCUT2D eigenvalue weighted by molar-refractivity contribution is -0.216. The van der Waals surface area contributed by atoms with Gasteiger partial charge < -0.3 is 15.1 Å². The Morgan fingerprint density at radius 2 is 1.88 bits per heavy atom. The molecule has 94 valence electrons. The molecule has 16 heavy (non-hydrogen) atoms. The van der Waals surface area contributed by atoms with E-state index in [4.69, 9.17) is 9.94 Å². The molecule has 5 heteroatoms. The van der Waals surface area contributed by atoms with Crippen LogP contribution >= 0.6 is 0 Å². The summed E-state index contributed by atoms with van der Waals surface area (Å²) >= 11 is 0. The van der Waals surface area contributed by atoms with Gasteiger partial charge in [-0.2, -0.15) is 0 Å². The molecule has 0 aromatic heterocycles. The fraction of sp³-hybridized carbons (Fsp3) is 0.909. The van der Waals surface area contributed by atoms with Gasteiger partial charge in [-0.3, -0.25) is 0 Å². The SMILES string of the molecule is CC(C)(C)C(=O)ON1CCC(O)(CO)CC1. The highest BCUT2D eigenvalue weighted by Crippen LogP contribution is 2.23. The fourth-order valence-electron chi connectivity index (χ4n) is 1.41. The first-order chi connectivity index (χ1) is 7.27. The van der Waals surface area contributed by atoms with Crippen molar-refractivity contribution in [1.82, 2.24) is 5.06 Å². The van der Waals surface area contributed by atoms with Crippen LogP contribution in [0.1, 0.15) is 33.6 Å². The van der Waals surface area contributed by atoms with Gasteiger partial charge in [-0.05, 0) is 33.6 Å². The van der Waals surface area contributed by atoms with E-state index in [2.05, 4.69) is 0 Å². The van der Waals surface area contributed by atoms with Crippen LogP contribution < -0.4 is 0 Å². The molecular weight excluding hydrogens is 210 g/mol. The van der Waals surface area contributed by atoms with Gasteiger partial charge in [-0.25, -0.2) is 4.79 Å². The average Bonchev–Trinajstić information content (AvgIpc) is 2.20. The maximum atomic E-state index is 11.6. The third-order valence-electron chi connectivity index (χ3n) is 2.77. The molecule has 0 aromatic rings. The number of hydrogen-bond donors (Lipinski definition) is 2. The Hall–Kier alpha value is -0.650. The molecule has 0 radical (unpaired) electrons. The van der Waals surface area contributed by atoms with Crippen LogP contribution in [-0.2, 0) is 9.63 Å². The van der Waals surface area contributed by atoms with Crippen LogP contribution in [-0.4, -0.2) is 46.5 Å². The Bertz CT molecular complexity index is 251. The molecule has 1 saturated heterocycles. The fourth-order valence-corrected chi connectivity index (χ4v) is 1.41. The zero-order valence-electron chi connectivity index (χ0n) is 10.2. The number of nitrogens with zero attached hydrogens (tertiary/aromatic N) is 1. The maximum absolute atomic E-state index is 11.6. The first-order valence-corrected chi connectivity index (χ1v) is 5.57. The molecule has 2 N–H and O–H groups in total. The number of piperidine rings is 1. The second kappa shape index (κ2) is 4.69. The summed E-state index contributed by atoms with van der Waals surface area (Å²) in [4.78, 5) is 16.8. The number of carbonyl (C=O) groups is 1. The zero-order valence-corrected chi connectivity index (χ0v) is 10.2. The van der Waals surface area contributed by atoms with Gasteiger partial charge >= 0.3 is 5.97 Å². The van der Waals surface area contributed by atoms with Crippen LogP contribution in [0.4, 0.5) is 0 Å². The van der Waals surface area contributed by atoms with Gasteiger partial charge in [0.2, 0.25) is 0 Å². The number of hydroxylamine groups is 2. The summed E-state index contributed by atoms with van der Waals surface area (Å²) < 4.78 is 0. The number of carbonyl (C=O) groups excluding carboxylic acids is 1. The van der Waals surface area contributed by atoms with Crippen molar-refractivity contribution >= 4 is 5.97 Å². The molecule has 0 bridgehead atoms. The molecule has 0 atom stereocenters. The smallest absolute Gasteiger partial charge is 0.330 e. The van der Waals surface area contributed by atoms with Crippen LogP contribution in [0.2, 0.25) is 0 Å². The summed E-state index contributed by atoms with van der Waals surface area (Å²) in [5.41, 5.74) is -1.53. The van der Waals surface area contributed by atoms with Gasteiger partial charge in [0.25, 0.3) is 0 Å². The van der Waals surface area contributed by atoms with E-state index in [1.807, 2.05) is 0 Å². The standard InChI is InChI=1S/C11H21NO4/c1-10(2,3)9(14)16-12-6-4-11(15,8-13)5-7-12/h13,15H,4-8H2,1-3H3. The lowest BCUT2D eigenvalue weighted by Gasteiger charge is -2.36. The molecule has 0 unspecified atom stereocenters. The summed E-state index contributed by atoms with van der Waals surface area (Å²) in [6.45, 7) is 6.06. The number of hydrogen-bond acceptors (Lipinski definition) is 5. The largest absolute Gasteiger partial charge is 0.393 e. The molecule has 0 aromatic carbocycles. The second-order valence-electron chi connectivity index (χ2n) is 5.44. The highest BCUT2D eigenvalue weighted by atomic mass is 16.7. The third-order valence-corrected chi connectivity index (χ3v) is 2.77. The summed E-state index contributed by atoms with van der Waals surface area (Å²) in [6, 6.07) is 0. The van der Waals surface area contributed by atoms with E-state index < -0.39 is 11.0 Å². The molecule has 0 aliphatic carbocycles. The van der Waals surface area contributed by atoms with E-state index in [1.165, 1.54) is 0 Å². The van der Waals surface area contributed by atoms with Crippen LogP contribution in [0.25, 0.3) is 0 Å². The molecule has 1 rings (SSSR count). The molecule has 5 nitrogen and oxygen atoms in total. The molecule has 1 aliphatic rings. The minimum atomic E-state index is -1.01. The van der Waals surface area contributed by atoms with Crippen molar-refractivity contribution in [2.75, 3.05) is 19.7 Å². The molecule has 1 aliphatic heterocycles. The Balaban J connectivity index is 2.41. The number of aliphatic hydroxyl groups is 2. The highest BCUT2D eigenvalue weighted by Gasteiger charge is 2.34.